The normalized spacial score (nSPS) is 18.8. The number of cyclic esters (lactones) is 2. The SMILES string of the molecule is CCC1(OC(=O)C(C)NC(=O)COCCOCC(=O)NC(C)C(=O)OC2(CC)C(=O)OCc3c2cc2n(c3=O)Cc3cc4ccccc4nc3-2)C(=O)OCc2c1cc1n(c2=O)Cc2cc3ccccc3nc2-1. The molecule has 370 valence electrons. The highest BCUT2D eigenvalue weighted by molar-refractivity contribution is 5.92. The van der Waals surface area contributed by atoms with Crippen molar-refractivity contribution in [2.45, 2.75) is 90.1 Å². The molecular weight excluding hydrogens is 933 g/mol. The largest absolute Gasteiger partial charge is 0.457 e. The fourth-order valence-corrected chi connectivity index (χ4v) is 9.82. The van der Waals surface area contributed by atoms with Crippen molar-refractivity contribution in [2.75, 3.05) is 26.4 Å². The number of rotatable bonds is 15. The number of nitrogens with one attached hydrogen (secondary N) is 2. The molecule has 4 unspecified atom stereocenters. The molecule has 4 atom stereocenters. The lowest BCUT2D eigenvalue weighted by molar-refractivity contribution is -0.190. The molecule has 0 bridgehead atoms. The van der Waals surface area contributed by atoms with Gasteiger partial charge in [0.25, 0.3) is 11.1 Å². The molecule has 0 saturated carbocycles. The third-order valence-electron chi connectivity index (χ3n) is 13.6. The van der Waals surface area contributed by atoms with Gasteiger partial charge in [-0.2, -0.15) is 0 Å². The van der Waals surface area contributed by atoms with E-state index in [1.807, 2.05) is 60.7 Å². The quantitative estimate of drug-likeness (QED) is 0.0849. The van der Waals surface area contributed by atoms with Crippen molar-refractivity contribution in [3.8, 4) is 22.8 Å². The van der Waals surface area contributed by atoms with Crippen LogP contribution in [0.1, 0.15) is 73.9 Å². The van der Waals surface area contributed by atoms with Gasteiger partial charge >= 0.3 is 23.9 Å². The molecule has 0 radical (unpaired) electrons. The molecule has 0 saturated heterocycles. The minimum Gasteiger partial charge on any atom is -0.457 e. The van der Waals surface area contributed by atoms with Crippen LogP contribution in [0.25, 0.3) is 44.6 Å². The number of esters is 4. The van der Waals surface area contributed by atoms with Crippen LogP contribution in [0, 0.1) is 0 Å². The van der Waals surface area contributed by atoms with E-state index in [-0.39, 0.29) is 74.6 Å². The molecule has 20 heteroatoms. The van der Waals surface area contributed by atoms with Gasteiger partial charge in [-0.1, -0.05) is 50.2 Å². The molecule has 4 aliphatic heterocycles. The van der Waals surface area contributed by atoms with Gasteiger partial charge in [-0.05, 0) is 63.1 Å². The number of hydrogen-bond donors (Lipinski definition) is 2. The molecule has 0 fully saturated rings. The number of fused-ring (bicyclic) bond motifs is 10. The minimum absolute atomic E-state index is 0.0706. The third kappa shape index (κ3) is 8.05. The van der Waals surface area contributed by atoms with Crippen molar-refractivity contribution >= 4 is 57.5 Å². The van der Waals surface area contributed by atoms with Gasteiger partial charge in [0, 0.05) is 33.0 Å². The summed E-state index contributed by atoms with van der Waals surface area (Å²) in [5.74, 6) is -5.03. The van der Waals surface area contributed by atoms with Gasteiger partial charge in [-0.15, -0.1) is 0 Å². The number of pyridine rings is 4. The highest BCUT2D eigenvalue weighted by Crippen LogP contribution is 2.43. The Bertz CT molecular complexity index is 3210. The summed E-state index contributed by atoms with van der Waals surface area (Å²) in [6, 6.07) is 19.9. The number of amides is 2. The average molecular weight is 981 g/mol. The standard InChI is InChI=1S/C52H48N6O14/c1-5-51(35-19-39-43-31(17-29-11-7-9-13-37(29)55-43)21-57(39)45(61)33(35)23-69-49(51)65)71-47(63)27(3)53-41(59)25-67-15-16-68-26-42(60)54-28(4)48(64)72-52(6-2)36-20-40-44-32(18-30-12-8-10-14-38(30)56-44)22-58(40)46(62)34(36)24-70-50(52)66/h7-14,17-20,27-28H,5-6,15-16,21-26H2,1-4H3,(H,53,59)(H,54,60). The van der Waals surface area contributed by atoms with Crippen molar-refractivity contribution in [1.82, 2.24) is 29.7 Å². The number of nitrogens with zero attached hydrogens (tertiary/aromatic N) is 4. The minimum atomic E-state index is -1.98. The van der Waals surface area contributed by atoms with Gasteiger partial charge in [-0.25, -0.2) is 29.1 Å². The second-order valence-corrected chi connectivity index (χ2v) is 18.0. The summed E-state index contributed by atoms with van der Waals surface area (Å²) in [7, 11) is 0. The van der Waals surface area contributed by atoms with Gasteiger partial charge in [0.2, 0.25) is 23.0 Å². The van der Waals surface area contributed by atoms with Crippen molar-refractivity contribution in [2.24, 2.45) is 0 Å². The fourth-order valence-electron chi connectivity index (χ4n) is 9.82. The van der Waals surface area contributed by atoms with E-state index in [1.54, 1.807) is 35.1 Å². The second kappa shape index (κ2) is 18.6. The molecule has 2 amide bonds. The van der Waals surface area contributed by atoms with E-state index < -0.39 is 83.3 Å². The van der Waals surface area contributed by atoms with Gasteiger partial charge < -0.3 is 48.2 Å². The first-order chi connectivity index (χ1) is 34.7. The molecule has 2 N–H and O–H groups in total. The lowest BCUT2D eigenvalue weighted by Crippen LogP contribution is -2.51. The van der Waals surface area contributed by atoms with Crippen LogP contribution in [0.3, 0.4) is 0 Å². The topological polar surface area (TPSA) is 252 Å². The summed E-state index contributed by atoms with van der Waals surface area (Å²) in [6.07, 6.45) is -0.141. The predicted molar refractivity (Wildman–Crippen MR) is 254 cm³/mol. The molecule has 8 heterocycles. The van der Waals surface area contributed by atoms with E-state index in [1.165, 1.54) is 13.8 Å². The van der Waals surface area contributed by atoms with Crippen molar-refractivity contribution in [3.63, 3.8) is 0 Å². The molecular formula is C52H48N6O14. The van der Waals surface area contributed by atoms with Crippen molar-refractivity contribution in [1.29, 1.82) is 0 Å². The number of carbonyl (C=O) groups is 6. The number of hydrogen-bond acceptors (Lipinski definition) is 16. The average Bonchev–Trinajstić information content (AvgIpc) is 3.92. The van der Waals surface area contributed by atoms with Crippen molar-refractivity contribution < 1.29 is 57.2 Å². The maximum Gasteiger partial charge on any atom is 0.355 e. The first-order valence-electron chi connectivity index (χ1n) is 23.5. The van der Waals surface area contributed by atoms with Gasteiger partial charge in [0.15, 0.2) is 0 Å². The zero-order valence-electron chi connectivity index (χ0n) is 39.7. The molecule has 4 aliphatic rings. The Morgan fingerprint density at radius 1 is 0.625 bits per heavy atom. The van der Waals surface area contributed by atoms with E-state index in [0.29, 0.717) is 22.8 Å². The maximum absolute atomic E-state index is 13.9. The predicted octanol–water partition coefficient (Wildman–Crippen LogP) is 3.32. The second-order valence-electron chi connectivity index (χ2n) is 18.0. The Morgan fingerprint density at radius 2 is 1.03 bits per heavy atom. The van der Waals surface area contributed by atoms with Crippen LogP contribution >= 0.6 is 0 Å². The van der Waals surface area contributed by atoms with E-state index >= 15 is 0 Å². The Morgan fingerprint density at radius 3 is 1.43 bits per heavy atom. The van der Waals surface area contributed by atoms with Gasteiger partial charge in [0.1, 0.15) is 38.5 Å². The molecule has 6 aromatic rings. The van der Waals surface area contributed by atoms with Crippen LogP contribution in [-0.4, -0.2) is 93.3 Å². The summed E-state index contributed by atoms with van der Waals surface area (Å²) >= 11 is 0. The zero-order chi connectivity index (χ0) is 50.6. The summed E-state index contributed by atoms with van der Waals surface area (Å²) in [4.78, 5) is 117. The zero-order valence-corrected chi connectivity index (χ0v) is 39.7. The summed E-state index contributed by atoms with van der Waals surface area (Å²) in [5.41, 5.74) is 1.21. The van der Waals surface area contributed by atoms with E-state index in [0.717, 1.165) is 32.9 Å². The number of ether oxygens (including phenoxy) is 6. The molecule has 2 aromatic carbocycles. The Hall–Kier alpha value is -8.10. The Balaban J connectivity index is 0.704. The lowest BCUT2D eigenvalue weighted by atomic mass is 9.85. The van der Waals surface area contributed by atoms with E-state index in [9.17, 15) is 38.4 Å². The van der Waals surface area contributed by atoms with Crippen LogP contribution in [-0.2, 0) is 94.7 Å². The Labute approximate surface area is 409 Å². The Kier molecular flexibility index (Phi) is 12.3. The monoisotopic (exact) mass is 980 g/mol. The molecule has 0 aliphatic carbocycles. The highest BCUT2D eigenvalue weighted by Gasteiger charge is 2.52. The van der Waals surface area contributed by atoms with Crippen LogP contribution in [0.2, 0.25) is 0 Å². The number of para-hydroxylation sites is 2. The number of carbonyl (C=O) groups excluding carboxylic acids is 6. The van der Waals surface area contributed by atoms with Crippen LogP contribution in [0.15, 0.2) is 82.4 Å². The number of aromatic nitrogens is 4. The van der Waals surface area contributed by atoms with Gasteiger partial charge in [-0.3, -0.25) is 19.2 Å². The molecule has 10 rings (SSSR count). The van der Waals surface area contributed by atoms with Crippen LogP contribution < -0.4 is 21.8 Å². The summed E-state index contributed by atoms with van der Waals surface area (Å²) < 4.78 is 36.5. The van der Waals surface area contributed by atoms with E-state index in [2.05, 4.69) is 10.6 Å². The third-order valence-corrected chi connectivity index (χ3v) is 13.6. The first-order valence-corrected chi connectivity index (χ1v) is 23.5. The maximum atomic E-state index is 13.9. The van der Waals surface area contributed by atoms with E-state index in [4.69, 9.17) is 38.4 Å². The molecule has 4 aromatic heterocycles. The summed E-state index contributed by atoms with van der Waals surface area (Å²) in [6.45, 7) is 4.59. The smallest absolute Gasteiger partial charge is 0.355 e. The van der Waals surface area contributed by atoms with Crippen LogP contribution in [0.5, 0.6) is 0 Å². The summed E-state index contributed by atoms with van der Waals surface area (Å²) in [5, 5.41) is 6.78. The molecule has 72 heavy (non-hydrogen) atoms. The first kappa shape index (κ1) is 47.6. The molecule has 0 spiro atoms. The lowest BCUT2D eigenvalue weighted by Gasteiger charge is -2.36. The van der Waals surface area contributed by atoms with Crippen molar-refractivity contribution in [3.05, 3.63) is 127 Å². The van der Waals surface area contributed by atoms with Crippen LogP contribution in [0.4, 0.5) is 0 Å². The molecule has 20 nitrogen and oxygen atoms in total. The fraction of sp³-hybridized carbons (Fsp3) is 0.346. The van der Waals surface area contributed by atoms with Gasteiger partial charge in [0.05, 0.1) is 71.2 Å². The number of benzene rings is 2. The highest BCUT2D eigenvalue weighted by atomic mass is 16.6.